The van der Waals surface area contributed by atoms with E-state index in [0.29, 0.717) is 6.04 Å². The highest BCUT2D eigenvalue weighted by molar-refractivity contribution is 6.31. The number of rotatable bonds is 7. The summed E-state index contributed by atoms with van der Waals surface area (Å²) in [5.41, 5.74) is 2.12. The fourth-order valence-corrected chi connectivity index (χ4v) is 2.18. The molecule has 0 bridgehead atoms. The van der Waals surface area contributed by atoms with E-state index in [0.717, 1.165) is 36.6 Å². The third kappa shape index (κ3) is 4.00. The average Bonchev–Trinajstić information content (AvgIpc) is 2.60. The van der Waals surface area contributed by atoms with Gasteiger partial charge >= 0.3 is 0 Å². The van der Waals surface area contributed by atoms with Crippen molar-refractivity contribution < 1.29 is 0 Å². The molecule has 0 spiro atoms. The molecule has 1 heterocycles. The van der Waals surface area contributed by atoms with E-state index in [9.17, 15) is 0 Å². The number of aromatic nitrogens is 2. The van der Waals surface area contributed by atoms with E-state index >= 15 is 0 Å². The second-order valence-corrected chi connectivity index (χ2v) is 4.93. The van der Waals surface area contributed by atoms with Crippen LogP contribution in [0.3, 0.4) is 0 Å². The zero-order valence-corrected chi connectivity index (χ0v) is 12.1. The molecule has 0 amide bonds. The van der Waals surface area contributed by atoms with Crippen molar-refractivity contribution in [2.24, 2.45) is 0 Å². The predicted octanol–water partition coefficient (Wildman–Crippen LogP) is 3.19. The highest BCUT2D eigenvalue weighted by Crippen LogP contribution is 2.21. The lowest BCUT2D eigenvalue weighted by Crippen LogP contribution is -2.27. The van der Waals surface area contributed by atoms with Gasteiger partial charge in [-0.2, -0.15) is 5.10 Å². The van der Waals surface area contributed by atoms with Crippen LogP contribution in [0.25, 0.3) is 0 Å². The van der Waals surface area contributed by atoms with Crippen molar-refractivity contribution in [3.05, 3.63) is 16.4 Å². The van der Waals surface area contributed by atoms with Gasteiger partial charge in [-0.15, -0.1) is 0 Å². The molecule has 0 radical (unpaired) electrons. The SMILES string of the molecule is CCCNC(C)CCc1c(Cl)c(C)nn1CC. The molecule has 17 heavy (non-hydrogen) atoms. The van der Waals surface area contributed by atoms with Crippen LogP contribution in [0.15, 0.2) is 0 Å². The zero-order valence-electron chi connectivity index (χ0n) is 11.4. The molecular formula is C13H24ClN3. The Labute approximate surface area is 110 Å². The van der Waals surface area contributed by atoms with Crippen LogP contribution in [0, 0.1) is 6.92 Å². The molecule has 0 saturated carbocycles. The van der Waals surface area contributed by atoms with Gasteiger partial charge in [-0.25, -0.2) is 0 Å². The molecule has 0 saturated heterocycles. The maximum Gasteiger partial charge on any atom is 0.0847 e. The third-order valence-corrected chi connectivity index (χ3v) is 3.50. The molecule has 1 rings (SSSR count). The first kappa shape index (κ1) is 14.5. The lowest BCUT2D eigenvalue weighted by Gasteiger charge is -2.13. The number of aryl methyl sites for hydroxylation is 2. The minimum Gasteiger partial charge on any atom is -0.314 e. The minimum atomic E-state index is 0.534. The molecule has 1 aromatic heterocycles. The summed E-state index contributed by atoms with van der Waals surface area (Å²) in [5.74, 6) is 0. The topological polar surface area (TPSA) is 29.9 Å². The first-order valence-corrected chi connectivity index (χ1v) is 6.93. The van der Waals surface area contributed by atoms with Gasteiger partial charge in [0.15, 0.2) is 0 Å². The van der Waals surface area contributed by atoms with Gasteiger partial charge in [0.1, 0.15) is 0 Å². The number of nitrogens with one attached hydrogen (secondary N) is 1. The number of hydrogen-bond acceptors (Lipinski definition) is 2. The maximum absolute atomic E-state index is 6.28. The fourth-order valence-electron chi connectivity index (χ4n) is 1.95. The Kier molecular flexibility index (Phi) is 6.00. The van der Waals surface area contributed by atoms with Gasteiger partial charge in [0, 0.05) is 12.6 Å². The van der Waals surface area contributed by atoms with Gasteiger partial charge in [-0.05, 0) is 46.6 Å². The van der Waals surface area contributed by atoms with Crippen molar-refractivity contribution in [3.63, 3.8) is 0 Å². The fraction of sp³-hybridized carbons (Fsp3) is 0.769. The normalized spacial score (nSPS) is 13.0. The molecule has 0 aliphatic heterocycles. The molecule has 0 fully saturated rings. The van der Waals surface area contributed by atoms with E-state index in [4.69, 9.17) is 11.6 Å². The van der Waals surface area contributed by atoms with Crippen molar-refractivity contribution in [2.75, 3.05) is 6.54 Å². The lowest BCUT2D eigenvalue weighted by molar-refractivity contribution is 0.500. The summed E-state index contributed by atoms with van der Waals surface area (Å²) in [6.45, 7) is 10.5. The van der Waals surface area contributed by atoms with Crippen LogP contribution in [0.5, 0.6) is 0 Å². The van der Waals surface area contributed by atoms with Crippen LogP contribution >= 0.6 is 11.6 Å². The summed E-state index contributed by atoms with van der Waals surface area (Å²) < 4.78 is 2.02. The smallest absolute Gasteiger partial charge is 0.0847 e. The van der Waals surface area contributed by atoms with Gasteiger partial charge in [0.2, 0.25) is 0 Å². The Morgan fingerprint density at radius 1 is 1.41 bits per heavy atom. The van der Waals surface area contributed by atoms with Crippen LogP contribution in [-0.2, 0) is 13.0 Å². The first-order valence-electron chi connectivity index (χ1n) is 6.55. The third-order valence-electron chi connectivity index (χ3n) is 3.01. The largest absolute Gasteiger partial charge is 0.314 e. The van der Waals surface area contributed by atoms with E-state index in [1.54, 1.807) is 0 Å². The summed E-state index contributed by atoms with van der Waals surface area (Å²) in [6.07, 6.45) is 3.27. The van der Waals surface area contributed by atoms with Gasteiger partial charge < -0.3 is 5.32 Å². The molecule has 1 aromatic rings. The van der Waals surface area contributed by atoms with Gasteiger partial charge in [0.05, 0.1) is 16.4 Å². The van der Waals surface area contributed by atoms with Crippen molar-refractivity contribution in [1.29, 1.82) is 0 Å². The van der Waals surface area contributed by atoms with E-state index in [2.05, 4.69) is 31.2 Å². The van der Waals surface area contributed by atoms with E-state index in [1.165, 1.54) is 12.1 Å². The Morgan fingerprint density at radius 3 is 2.71 bits per heavy atom. The highest BCUT2D eigenvalue weighted by atomic mass is 35.5. The van der Waals surface area contributed by atoms with Crippen LogP contribution in [0.4, 0.5) is 0 Å². The van der Waals surface area contributed by atoms with Crippen LogP contribution in [0.1, 0.15) is 45.0 Å². The molecule has 4 heteroatoms. The summed E-state index contributed by atoms with van der Waals surface area (Å²) >= 11 is 6.28. The van der Waals surface area contributed by atoms with Gasteiger partial charge in [-0.1, -0.05) is 18.5 Å². The molecular weight excluding hydrogens is 234 g/mol. The summed E-state index contributed by atoms with van der Waals surface area (Å²) in [4.78, 5) is 0. The predicted molar refractivity (Wildman–Crippen MR) is 73.7 cm³/mol. The second-order valence-electron chi connectivity index (χ2n) is 4.56. The van der Waals surface area contributed by atoms with E-state index in [-0.39, 0.29) is 0 Å². The monoisotopic (exact) mass is 257 g/mol. The van der Waals surface area contributed by atoms with Crippen LogP contribution in [-0.4, -0.2) is 22.4 Å². The molecule has 0 aliphatic rings. The van der Waals surface area contributed by atoms with Gasteiger partial charge in [0.25, 0.3) is 0 Å². The maximum atomic E-state index is 6.28. The van der Waals surface area contributed by atoms with Crippen molar-refractivity contribution >= 4 is 11.6 Å². The number of nitrogens with zero attached hydrogens (tertiary/aromatic N) is 2. The van der Waals surface area contributed by atoms with Crippen molar-refractivity contribution in [1.82, 2.24) is 15.1 Å². The van der Waals surface area contributed by atoms with Crippen LogP contribution in [0.2, 0.25) is 5.02 Å². The minimum absolute atomic E-state index is 0.534. The Hall–Kier alpha value is -0.540. The molecule has 3 nitrogen and oxygen atoms in total. The summed E-state index contributed by atoms with van der Waals surface area (Å²) in [7, 11) is 0. The molecule has 0 aliphatic carbocycles. The lowest BCUT2D eigenvalue weighted by atomic mass is 10.1. The van der Waals surface area contributed by atoms with Crippen LogP contribution < -0.4 is 5.32 Å². The first-order chi connectivity index (χ1) is 8.10. The van der Waals surface area contributed by atoms with E-state index < -0.39 is 0 Å². The Balaban J connectivity index is 2.56. The summed E-state index contributed by atoms with van der Waals surface area (Å²) in [6, 6.07) is 0.534. The van der Waals surface area contributed by atoms with Crippen molar-refractivity contribution in [3.8, 4) is 0 Å². The zero-order chi connectivity index (χ0) is 12.8. The number of halogens is 1. The van der Waals surface area contributed by atoms with E-state index in [1.807, 2.05) is 11.6 Å². The second kappa shape index (κ2) is 7.02. The average molecular weight is 258 g/mol. The quantitative estimate of drug-likeness (QED) is 0.813. The number of hydrogen-bond donors (Lipinski definition) is 1. The molecule has 0 aromatic carbocycles. The summed E-state index contributed by atoms with van der Waals surface area (Å²) in [5, 5.41) is 8.77. The molecule has 98 valence electrons. The van der Waals surface area contributed by atoms with Crippen molar-refractivity contribution in [2.45, 2.75) is 59.5 Å². The Morgan fingerprint density at radius 2 is 2.12 bits per heavy atom. The molecule has 1 N–H and O–H groups in total. The highest BCUT2D eigenvalue weighted by Gasteiger charge is 2.13. The molecule has 1 atom stereocenters. The van der Waals surface area contributed by atoms with Gasteiger partial charge in [-0.3, -0.25) is 4.68 Å². The molecule has 1 unspecified atom stereocenters. The Bertz CT molecular complexity index is 347. The standard InChI is InChI=1S/C13H24ClN3/c1-5-9-15-10(3)7-8-12-13(14)11(4)16-17(12)6-2/h10,15H,5-9H2,1-4H3.